The van der Waals surface area contributed by atoms with Crippen LogP contribution in [0.1, 0.15) is 19.4 Å². The minimum atomic E-state index is -0.296. The molecule has 0 fully saturated rings. The molecule has 0 amide bonds. The Balaban J connectivity index is 1.69. The number of ether oxygens (including phenoxy) is 2. The largest absolute Gasteiger partial charge is 0.493 e. The average molecular weight is 421 g/mol. The lowest BCUT2D eigenvalue weighted by molar-refractivity contribution is -0.142. The maximum Gasteiger partial charge on any atom is 0.310 e. The van der Waals surface area contributed by atoms with E-state index in [-0.39, 0.29) is 17.9 Å². The Bertz CT molecular complexity index is 1170. The van der Waals surface area contributed by atoms with Crippen molar-refractivity contribution in [2.75, 3.05) is 24.1 Å². The fourth-order valence-corrected chi connectivity index (χ4v) is 3.37. The molecule has 4 N–H and O–H groups in total. The van der Waals surface area contributed by atoms with Gasteiger partial charge in [-0.1, -0.05) is 30.3 Å². The number of hydrogen-bond donors (Lipinski definition) is 4. The van der Waals surface area contributed by atoms with Crippen molar-refractivity contribution in [2.45, 2.75) is 20.3 Å². The molecule has 2 heterocycles. The van der Waals surface area contributed by atoms with Gasteiger partial charge in [-0.05, 0) is 42.7 Å². The molecule has 0 saturated heterocycles. The van der Waals surface area contributed by atoms with Crippen LogP contribution in [-0.4, -0.2) is 29.2 Å². The number of esters is 1. The minimum absolute atomic E-state index is 0.216. The molecule has 3 aromatic rings. The molecule has 4 rings (SSSR count). The number of fused-ring (bicyclic) bond motifs is 1. The highest BCUT2D eigenvalue weighted by atomic mass is 16.5. The first-order chi connectivity index (χ1) is 15.1. The first-order valence-electron chi connectivity index (χ1n) is 10.0. The van der Waals surface area contributed by atoms with Crippen molar-refractivity contribution in [3.63, 3.8) is 0 Å². The monoisotopic (exact) mass is 421 g/mol. The fourth-order valence-electron chi connectivity index (χ4n) is 3.37. The highest BCUT2D eigenvalue weighted by Crippen LogP contribution is 2.34. The molecule has 2 aromatic carbocycles. The second-order valence-electron chi connectivity index (χ2n) is 6.84. The third kappa shape index (κ3) is 4.36. The minimum Gasteiger partial charge on any atom is -0.493 e. The van der Waals surface area contributed by atoms with Gasteiger partial charge in [-0.15, -0.1) is 5.53 Å². The topological polar surface area (TPSA) is 117 Å². The standard InChI is InChI=1S/C22H23N5O4/c1-3-30-17-12-15(14-7-5-6-13(10-14)11-18(28)31-4-2)8-9-16(17)20-23-21-19(22(29)24-20)25-27-26-21/h5-10,12,25,27H,3-4,11H2,1-2H3,(H2,23,24,26,29). The zero-order valence-corrected chi connectivity index (χ0v) is 17.2. The highest BCUT2D eigenvalue weighted by Gasteiger charge is 2.19. The van der Waals surface area contributed by atoms with Gasteiger partial charge in [0.2, 0.25) is 0 Å². The van der Waals surface area contributed by atoms with Crippen LogP contribution < -0.4 is 26.7 Å². The van der Waals surface area contributed by atoms with Crippen LogP contribution in [0.3, 0.4) is 0 Å². The third-order valence-corrected chi connectivity index (χ3v) is 4.74. The Morgan fingerprint density at radius 2 is 1.87 bits per heavy atom. The lowest BCUT2D eigenvalue weighted by atomic mass is 10.00. The Kier molecular flexibility index (Phi) is 5.85. The van der Waals surface area contributed by atoms with Crippen molar-refractivity contribution in [2.24, 2.45) is 0 Å². The number of hydrogen-bond acceptors (Lipinski definition) is 8. The summed E-state index contributed by atoms with van der Waals surface area (Å²) < 4.78 is 10.9. The van der Waals surface area contributed by atoms with E-state index >= 15 is 0 Å². The van der Waals surface area contributed by atoms with Gasteiger partial charge in [0.05, 0.1) is 25.2 Å². The number of H-pyrrole nitrogens is 1. The second kappa shape index (κ2) is 8.88. The van der Waals surface area contributed by atoms with Gasteiger partial charge in [0.25, 0.3) is 5.56 Å². The maximum atomic E-state index is 12.3. The fraction of sp³-hybridized carbons (Fsp3) is 0.227. The Morgan fingerprint density at radius 3 is 2.68 bits per heavy atom. The smallest absolute Gasteiger partial charge is 0.310 e. The highest BCUT2D eigenvalue weighted by molar-refractivity contribution is 5.77. The van der Waals surface area contributed by atoms with E-state index in [1.54, 1.807) is 6.92 Å². The first-order valence-corrected chi connectivity index (χ1v) is 10.0. The molecule has 0 radical (unpaired) electrons. The number of anilines is 2. The summed E-state index contributed by atoms with van der Waals surface area (Å²) >= 11 is 0. The molecule has 9 heteroatoms. The molecule has 0 saturated carbocycles. The molecule has 1 aliphatic heterocycles. The molecular weight excluding hydrogens is 398 g/mol. The van der Waals surface area contributed by atoms with Crippen LogP contribution in [0.15, 0.2) is 47.3 Å². The van der Waals surface area contributed by atoms with E-state index in [1.807, 2.05) is 49.4 Å². The van der Waals surface area contributed by atoms with Crippen LogP contribution in [0.2, 0.25) is 0 Å². The number of carbonyl (C=O) groups is 1. The summed E-state index contributed by atoms with van der Waals surface area (Å²) in [5.74, 6) is 1.15. The van der Waals surface area contributed by atoms with Gasteiger partial charge >= 0.3 is 5.97 Å². The third-order valence-electron chi connectivity index (χ3n) is 4.74. The summed E-state index contributed by atoms with van der Waals surface area (Å²) in [4.78, 5) is 31.4. The molecule has 0 unspecified atom stereocenters. The van der Waals surface area contributed by atoms with E-state index < -0.39 is 0 Å². The molecule has 1 aromatic heterocycles. The number of aromatic nitrogens is 2. The lowest BCUT2D eigenvalue weighted by Crippen LogP contribution is -2.21. The summed E-state index contributed by atoms with van der Waals surface area (Å²) in [6, 6.07) is 13.4. The van der Waals surface area contributed by atoms with E-state index in [4.69, 9.17) is 9.47 Å². The number of rotatable bonds is 7. The second-order valence-corrected chi connectivity index (χ2v) is 6.84. The number of nitrogens with zero attached hydrogens (tertiary/aromatic N) is 1. The van der Waals surface area contributed by atoms with Crippen LogP contribution in [-0.2, 0) is 16.0 Å². The van der Waals surface area contributed by atoms with Crippen LogP contribution >= 0.6 is 0 Å². The number of benzene rings is 2. The zero-order chi connectivity index (χ0) is 21.8. The number of carbonyl (C=O) groups excluding carboxylic acids is 1. The van der Waals surface area contributed by atoms with Crippen LogP contribution in [0.4, 0.5) is 11.5 Å². The molecule has 160 valence electrons. The van der Waals surface area contributed by atoms with Gasteiger partial charge in [0, 0.05) is 0 Å². The molecule has 0 aliphatic carbocycles. The summed E-state index contributed by atoms with van der Waals surface area (Å²) in [5, 5.41) is 0. The quantitative estimate of drug-likeness (QED) is 0.430. The molecule has 31 heavy (non-hydrogen) atoms. The number of aromatic amines is 1. The van der Waals surface area contributed by atoms with Gasteiger partial charge in [-0.3, -0.25) is 20.4 Å². The van der Waals surface area contributed by atoms with Crippen LogP contribution in [0.25, 0.3) is 22.5 Å². The van der Waals surface area contributed by atoms with Crippen LogP contribution in [0.5, 0.6) is 5.75 Å². The molecular formula is C22H23N5O4. The van der Waals surface area contributed by atoms with Crippen molar-refractivity contribution >= 4 is 17.5 Å². The molecule has 9 nitrogen and oxygen atoms in total. The Hall–Kier alpha value is -3.85. The molecule has 0 bridgehead atoms. The van der Waals surface area contributed by atoms with Crippen molar-refractivity contribution in [1.82, 2.24) is 15.5 Å². The van der Waals surface area contributed by atoms with Crippen LogP contribution in [0, 0.1) is 0 Å². The maximum absolute atomic E-state index is 12.3. The van der Waals surface area contributed by atoms with Crippen molar-refractivity contribution in [1.29, 1.82) is 0 Å². The van der Waals surface area contributed by atoms with Crippen molar-refractivity contribution in [3.8, 4) is 28.3 Å². The van der Waals surface area contributed by atoms with E-state index in [2.05, 4.69) is 26.4 Å². The molecule has 0 atom stereocenters. The van der Waals surface area contributed by atoms with Crippen molar-refractivity contribution in [3.05, 3.63) is 58.4 Å². The summed E-state index contributed by atoms with van der Waals surface area (Å²) in [7, 11) is 0. The predicted molar refractivity (Wildman–Crippen MR) is 118 cm³/mol. The SMILES string of the molecule is CCOC(=O)Cc1cccc(-c2ccc(-c3nc4c(c(=O)[nH]3)NNN4)c(OCC)c2)c1. The summed E-state index contributed by atoms with van der Waals surface area (Å²) in [6.07, 6.45) is 0.216. The Morgan fingerprint density at radius 1 is 1.03 bits per heavy atom. The van der Waals surface area contributed by atoms with Crippen molar-refractivity contribution < 1.29 is 14.3 Å². The Labute approximate surface area is 178 Å². The average Bonchev–Trinajstić information content (AvgIpc) is 3.24. The number of nitrogens with one attached hydrogen (secondary N) is 4. The van der Waals surface area contributed by atoms with E-state index in [0.717, 1.165) is 16.7 Å². The summed E-state index contributed by atoms with van der Waals surface area (Å²) in [6.45, 7) is 4.50. The lowest BCUT2D eigenvalue weighted by Gasteiger charge is -2.13. The first kappa shape index (κ1) is 20.4. The molecule has 1 aliphatic rings. The number of hydrazine groups is 2. The van der Waals surface area contributed by atoms with Gasteiger partial charge in [-0.2, -0.15) is 0 Å². The van der Waals surface area contributed by atoms with Gasteiger partial charge in [0.15, 0.2) is 11.5 Å². The summed E-state index contributed by atoms with van der Waals surface area (Å²) in [5.41, 5.74) is 11.6. The normalized spacial score (nSPS) is 11.9. The zero-order valence-electron chi connectivity index (χ0n) is 17.2. The molecule has 0 spiro atoms. The van der Waals surface area contributed by atoms with Gasteiger partial charge < -0.3 is 14.5 Å². The van der Waals surface area contributed by atoms with Gasteiger partial charge in [0.1, 0.15) is 11.6 Å². The predicted octanol–water partition coefficient (Wildman–Crippen LogP) is 2.87. The van der Waals surface area contributed by atoms with Gasteiger partial charge in [-0.25, -0.2) is 4.98 Å². The van der Waals surface area contributed by atoms with E-state index in [9.17, 15) is 9.59 Å². The van der Waals surface area contributed by atoms with E-state index in [1.165, 1.54) is 0 Å². The van der Waals surface area contributed by atoms with E-state index in [0.29, 0.717) is 41.9 Å².